The van der Waals surface area contributed by atoms with Crippen LogP contribution < -0.4 is 5.73 Å². The minimum Gasteiger partial charge on any atom is -0.398 e. The summed E-state index contributed by atoms with van der Waals surface area (Å²) in [6.07, 6.45) is 1.12. The first kappa shape index (κ1) is 7.56. The van der Waals surface area contributed by atoms with Gasteiger partial charge in [0.05, 0.1) is 0 Å². The molecule has 0 saturated heterocycles. The molecule has 0 fully saturated rings. The topological polar surface area (TPSA) is 26.0 Å². The zero-order valence-corrected chi connectivity index (χ0v) is 7.09. The van der Waals surface area contributed by atoms with E-state index >= 15 is 0 Å². The van der Waals surface area contributed by atoms with Crippen molar-refractivity contribution in [2.75, 3.05) is 12.4 Å². The van der Waals surface area contributed by atoms with E-state index in [1.807, 2.05) is 18.2 Å². The Labute approximate surface area is 63.4 Å². The predicted octanol–water partition coefficient (Wildman–Crippen LogP) is 2.08. The molecule has 1 nitrogen and oxygen atoms in total. The highest BCUT2D eigenvalue weighted by Crippen LogP contribution is 2.19. The van der Waals surface area contributed by atoms with Crippen molar-refractivity contribution in [3.63, 3.8) is 0 Å². The highest BCUT2D eigenvalue weighted by atomic mass is 31.1. The van der Waals surface area contributed by atoms with Crippen LogP contribution in [0, 0.1) is 0 Å². The molecule has 0 aliphatic carbocycles. The third-order valence-electron chi connectivity index (χ3n) is 1.42. The van der Waals surface area contributed by atoms with E-state index in [4.69, 9.17) is 5.73 Å². The summed E-state index contributed by atoms with van der Waals surface area (Å²) in [5.41, 5.74) is 7.92. The molecular formula is C8H12NP. The summed E-state index contributed by atoms with van der Waals surface area (Å²) >= 11 is 0. The Bertz CT molecular complexity index is 210. The summed E-state index contributed by atoms with van der Waals surface area (Å²) < 4.78 is 0. The Morgan fingerprint density at radius 3 is 2.70 bits per heavy atom. The Kier molecular flexibility index (Phi) is 2.70. The van der Waals surface area contributed by atoms with Gasteiger partial charge in [0.25, 0.3) is 0 Å². The summed E-state index contributed by atoms with van der Waals surface area (Å²) in [7, 11) is 0.952. The molecule has 0 radical (unpaired) electrons. The Morgan fingerprint density at radius 2 is 2.10 bits per heavy atom. The normalized spacial score (nSPS) is 10.9. The zero-order chi connectivity index (χ0) is 7.40. The van der Waals surface area contributed by atoms with Crippen molar-refractivity contribution in [3.05, 3.63) is 29.8 Å². The maximum Gasteiger partial charge on any atom is 0.0350 e. The van der Waals surface area contributed by atoms with Crippen LogP contribution >= 0.6 is 8.58 Å². The first-order chi connectivity index (χ1) is 4.84. The number of hydrogen-bond acceptors (Lipinski definition) is 1. The van der Waals surface area contributed by atoms with E-state index < -0.39 is 0 Å². The van der Waals surface area contributed by atoms with Crippen molar-refractivity contribution >= 4 is 14.3 Å². The SMILES string of the molecule is CPCc1ccccc1N. The van der Waals surface area contributed by atoms with Crippen LogP contribution in [0.25, 0.3) is 0 Å². The summed E-state index contributed by atoms with van der Waals surface area (Å²) in [6, 6.07) is 8.05. The number of anilines is 1. The van der Waals surface area contributed by atoms with Gasteiger partial charge in [-0.15, -0.1) is 8.58 Å². The molecule has 0 spiro atoms. The van der Waals surface area contributed by atoms with Gasteiger partial charge >= 0.3 is 0 Å². The first-order valence-corrected chi connectivity index (χ1v) is 5.03. The van der Waals surface area contributed by atoms with Crippen molar-refractivity contribution in [1.29, 1.82) is 0 Å². The molecule has 1 atom stereocenters. The lowest BCUT2D eigenvalue weighted by Gasteiger charge is -2.01. The molecule has 2 N–H and O–H groups in total. The minimum absolute atomic E-state index is 0.928. The van der Waals surface area contributed by atoms with Crippen molar-refractivity contribution in [2.24, 2.45) is 0 Å². The fraction of sp³-hybridized carbons (Fsp3) is 0.250. The molecule has 2 heteroatoms. The van der Waals surface area contributed by atoms with E-state index in [1.165, 1.54) is 5.56 Å². The van der Waals surface area contributed by atoms with E-state index in [0.29, 0.717) is 0 Å². The van der Waals surface area contributed by atoms with E-state index in [2.05, 4.69) is 12.7 Å². The van der Waals surface area contributed by atoms with E-state index in [-0.39, 0.29) is 0 Å². The lowest BCUT2D eigenvalue weighted by molar-refractivity contribution is 1.41. The molecule has 1 aromatic carbocycles. The van der Waals surface area contributed by atoms with Gasteiger partial charge in [-0.2, -0.15) is 0 Å². The van der Waals surface area contributed by atoms with Gasteiger partial charge in [0.1, 0.15) is 0 Å². The molecule has 10 heavy (non-hydrogen) atoms. The van der Waals surface area contributed by atoms with E-state index in [9.17, 15) is 0 Å². The number of benzene rings is 1. The molecule has 0 aliphatic heterocycles. The van der Waals surface area contributed by atoms with Gasteiger partial charge in [0, 0.05) is 5.69 Å². The Morgan fingerprint density at radius 1 is 1.40 bits per heavy atom. The highest BCUT2D eigenvalue weighted by molar-refractivity contribution is 7.36. The number of rotatable bonds is 2. The molecular weight excluding hydrogens is 141 g/mol. The monoisotopic (exact) mass is 153 g/mol. The first-order valence-electron chi connectivity index (χ1n) is 3.32. The molecule has 0 aliphatic rings. The van der Waals surface area contributed by atoms with Crippen LogP contribution in [0.4, 0.5) is 5.69 Å². The third kappa shape index (κ3) is 1.71. The molecule has 54 valence electrons. The van der Waals surface area contributed by atoms with Gasteiger partial charge in [-0.3, -0.25) is 0 Å². The quantitative estimate of drug-likeness (QED) is 0.511. The van der Waals surface area contributed by atoms with Crippen LogP contribution in [0.3, 0.4) is 0 Å². The fourth-order valence-electron chi connectivity index (χ4n) is 0.886. The van der Waals surface area contributed by atoms with Crippen molar-refractivity contribution in [2.45, 2.75) is 6.16 Å². The maximum absolute atomic E-state index is 5.71. The van der Waals surface area contributed by atoms with Gasteiger partial charge in [-0.1, -0.05) is 18.2 Å². The number of para-hydroxylation sites is 1. The largest absolute Gasteiger partial charge is 0.398 e. The van der Waals surface area contributed by atoms with Crippen molar-refractivity contribution < 1.29 is 0 Å². The second-order valence-electron chi connectivity index (χ2n) is 2.23. The second kappa shape index (κ2) is 3.58. The minimum atomic E-state index is 0.928. The van der Waals surface area contributed by atoms with Crippen LogP contribution in [-0.2, 0) is 6.16 Å². The van der Waals surface area contributed by atoms with Crippen LogP contribution in [0.2, 0.25) is 0 Å². The molecule has 0 heterocycles. The van der Waals surface area contributed by atoms with Gasteiger partial charge in [0.2, 0.25) is 0 Å². The lowest BCUT2D eigenvalue weighted by Crippen LogP contribution is -1.89. The highest BCUT2D eigenvalue weighted by Gasteiger charge is 1.93. The Balaban J connectivity index is 2.81. The van der Waals surface area contributed by atoms with Gasteiger partial charge in [-0.05, 0) is 24.5 Å². The maximum atomic E-state index is 5.71. The standard InChI is InChI=1S/C8H12NP/c1-10-6-7-4-2-3-5-8(7)9/h2-5,10H,6,9H2,1H3. The molecule has 1 unspecified atom stereocenters. The molecule has 0 aromatic heterocycles. The van der Waals surface area contributed by atoms with Crippen LogP contribution in [0.5, 0.6) is 0 Å². The summed E-state index contributed by atoms with van der Waals surface area (Å²) in [5, 5.41) is 0. The number of nitrogens with two attached hydrogens (primary N) is 1. The fourth-order valence-corrected chi connectivity index (χ4v) is 1.59. The van der Waals surface area contributed by atoms with Gasteiger partial charge < -0.3 is 5.73 Å². The lowest BCUT2D eigenvalue weighted by atomic mass is 10.2. The van der Waals surface area contributed by atoms with Crippen molar-refractivity contribution in [3.8, 4) is 0 Å². The van der Waals surface area contributed by atoms with Gasteiger partial charge in [0.15, 0.2) is 0 Å². The average Bonchev–Trinajstić information content (AvgIpc) is 1.94. The van der Waals surface area contributed by atoms with E-state index in [0.717, 1.165) is 20.4 Å². The molecule has 0 amide bonds. The summed E-state index contributed by atoms with van der Waals surface area (Å²) in [5.74, 6) is 0. The summed E-state index contributed by atoms with van der Waals surface area (Å²) in [4.78, 5) is 0. The number of nitrogen functional groups attached to an aromatic ring is 1. The van der Waals surface area contributed by atoms with Crippen LogP contribution in [0.1, 0.15) is 5.56 Å². The Hall–Kier alpha value is -0.550. The molecule has 1 rings (SSSR count). The van der Waals surface area contributed by atoms with Crippen LogP contribution in [-0.4, -0.2) is 6.66 Å². The van der Waals surface area contributed by atoms with E-state index in [1.54, 1.807) is 0 Å². The molecule has 1 aromatic rings. The smallest absolute Gasteiger partial charge is 0.0350 e. The molecule has 0 saturated carbocycles. The zero-order valence-electron chi connectivity index (χ0n) is 6.09. The average molecular weight is 153 g/mol. The third-order valence-corrected chi connectivity index (χ3v) is 2.16. The second-order valence-corrected chi connectivity index (χ2v) is 3.29. The predicted molar refractivity (Wildman–Crippen MR) is 48.8 cm³/mol. The molecule has 0 bridgehead atoms. The van der Waals surface area contributed by atoms with Crippen LogP contribution in [0.15, 0.2) is 24.3 Å². The van der Waals surface area contributed by atoms with Gasteiger partial charge in [-0.25, -0.2) is 0 Å². The summed E-state index contributed by atoms with van der Waals surface area (Å²) in [6.45, 7) is 2.19. The van der Waals surface area contributed by atoms with Crippen molar-refractivity contribution in [1.82, 2.24) is 0 Å². The number of hydrogen-bond donors (Lipinski definition) is 1.